The Kier molecular flexibility index (Phi) is 2.73. The highest BCUT2D eigenvalue weighted by Crippen LogP contribution is 2.40. The zero-order valence-electron chi connectivity index (χ0n) is 9.06. The second kappa shape index (κ2) is 3.35. The molecule has 1 aliphatic carbocycles. The van der Waals surface area contributed by atoms with Gasteiger partial charge in [-0.3, -0.25) is 0 Å². The van der Waals surface area contributed by atoms with Gasteiger partial charge in [-0.1, -0.05) is 26.7 Å². The van der Waals surface area contributed by atoms with Crippen LogP contribution in [0.25, 0.3) is 0 Å². The van der Waals surface area contributed by atoms with E-state index in [9.17, 15) is 0 Å². The Labute approximate surface area is 82.1 Å². The van der Waals surface area contributed by atoms with Gasteiger partial charge in [0, 0.05) is 0 Å². The molecule has 0 atom stereocenters. The maximum absolute atomic E-state index is 6.03. The van der Waals surface area contributed by atoms with Crippen molar-refractivity contribution in [1.82, 2.24) is 0 Å². The summed E-state index contributed by atoms with van der Waals surface area (Å²) in [6.07, 6.45) is 9.77. The third-order valence-corrected chi connectivity index (χ3v) is 3.39. The van der Waals surface area contributed by atoms with Crippen molar-refractivity contribution in [2.24, 2.45) is 17.1 Å². The van der Waals surface area contributed by atoms with Gasteiger partial charge in [0.15, 0.2) is 0 Å². The molecule has 0 amide bonds. The molecule has 0 heterocycles. The van der Waals surface area contributed by atoms with Crippen LogP contribution in [0.3, 0.4) is 0 Å². The van der Waals surface area contributed by atoms with Crippen LogP contribution in [-0.4, -0.2) is 5.54 Å². The summed E-state index contributed by atoms with van der Waals surface area (Å²) < 4.78 is 0. The van der Waals surface area contributed by atoms with Crippen LogP contribution in [0.1, 0.15) is 46.5 Å². The van der Waals surface area contributed by atoms with Crippen LogP contribution < -0.4 is 5.73 Å². The van der Waals surface area contributed by atoms with E-state index in [1.54, 1.807) is 0 Å². The largest absolute Gasteiger partial charge is 0.315 e. The van der Waals surface area contributed by atoms with Crippen LogP contribution in [0.2, 0.25) is 0 Å². The number of hydrogen-bond donors (Lipinski definition) is 1. The van der Waals surface area contributed by atoms with Gasteiger partial charge in [-0.15, -0.1) is 6.42 Å². The number of rotatable bonds is 0. The van der Waals surface area contributed by atoms with Crippen molar-refractivity contribution >= 4 is 0 Å². The van der Waals surface area contributed by atoms with Gasteiger partial charge in [-0.05, 0) is 37.0 Å². The molecule has 0 spiro atoms. The van der Waals surface area contributed by atoms with Crippen molar-refractivity contribution in [3.63, 3.8) is 0 Å². The predicted molar refractivity (Wildman–Crippen MR) is 57.2 cm³/mol. The molecule has 0 unspecified atom stereocenters. The molecule has 74 valence electrons. The zero-order valence-corrected chi connectivity index (χ0v) is 9.06. The summed E-state index contributed by atoms with van der Waals surface area (Å²) in [5.74, 6) is 3.52. The van der Waals surface area contributed by atoms with E-state index >= 15 is 0 Å². The lowest BCUT2D eigenvalue weighted by Gasteiger charge is -2.39. The van der Waals surface area contributed by atoms with E-state index < -0.39 is 0 Å². The van der Waals surface area contributed by atoms with E-state index in [0.29, 0.717) is 5.41 Å². The number of nitrogens with two attached hydrogens (primary N) is 1. The summed E-state index contributed by atoms with van der Waals surface area (Å²) in [6, 6.07) is 0. The quantitative estimate of drug-likeness (QED) is 0.568. The van der Waals surface area contributed by atoms with Crippen molar-refractivity contribution in [2.45, 2.75) is 52.0 Å². The van der Waals surface area contributed by atoms with Gasteiger partial charge in [0.2, 0.25) is 0 Å². The molecular weight excluding hydrogens is 158 g/mol. The van der Waals surface area contributed by atoms with E-state index in [-0.39, 0.29) is 5.54 Å². The highest BCUT2D eigenvalue weighted by Gasteiger charge is 2.34. The topological polar surface area (TPSA) is 26.0 Å². The minimum Gasteiger partial charge on any atom is -0.315 e. The Morgan fingerprint density at radius 1 is 1.31 bits per heavy atom. The van der Waals surface area contributed by atoms with E-state index in [2.05, 4.69) is 26.7 Å². The van der Waals surface area contributed by atoms with Crippen molar-refractivity contribution in [3.8, 4) is 12.3 Å². The maximum atomic E-state index is 6.03. The third-order valence-electron chi connectivity index (χ3n) is 3.39. The molecule has 0 aromatic carbocycles. The molecule has 1 rings (SSSR count). The summed E-state index contributed by atoms with van der Waals surface area (Å²) in [4.78, 5) is 0. The average molecular weight is 179 g/mol. The van der Waals surface area contributed by atoms with E-state index in [0.717, 1.165) is 18.8 Å². The maximum Gasteiger partial charge on any atom is 0.0773 e. The normalized spacial score (nSPS) is 35.5. The van der Waals surface area contributed by atoms with Crippen LogP contribution in [0.4, 0.5) is 0 Å². The van der Waals surface area contributed by atoms with Crippen LogP contribution in [-0.2, 0) is 0 Å². The molecule has 0 aromatic rings. The van der Waals surface area contributed by atoms with Gasteiger partial charge in [-0.2, -0.15) is 0 Å². The minimum absolute atomic E-state index is 0.304. The van der Waals surface area contributed by atoms with E-state index in [4.69, 9.17) is 12.2 Å². The van der Waals surface area contributed by atoms with E-state index in [1.807, 2.05) is 0 Å². The molecule has 0 radical (unpaired) electrons. The number of hydrogen-bond acceptors (Lipinski definition) is 1. The lowest BCUT2D eigenvalue weighted by Crippen LogP contribution is -2.43. The van der Waals surface area contributed by atoms with Crippen molar-refractivity contribution in [3.05, 3.63) is 0 Å². The smallest absolute Gasteiger partial charge is 0.0773 e. The minimum atomic E-state index is -0.304. The van der Waals surface area contributed by atoms with E-state index in [1.165, 1.54) is 12.8 Å². The highest BCUT2D eigenvalue weighted by molar-refractivity contribution is 5.12. The second-order valence-corrected chi connectivity index (χ2v) is 5.44. The fraction of sp³-hybridized carbons (Fsp3) is 0.833. The predicted octanol–water partition coefficient (Wildman–Crippen LogP) is 2.55. The first kappa shape index (κ1) is 10.6. The van der Waals surface area contributed by atoms with Crippen LogP contribution in [0.15, 0.2) is 0 Å². The monoisotopic (exact) mass is 179 g/mol. The SMILES string of the molecule is C#CC1(N)CCC(C(C)(C)C)CC1. The fourth-order valence-electron chi connectivity index (χ4n) is 2.14. The summed E-state index contributed by atoms with van der Waals surface area (Å²) in [6.45, 7) is 6.91. The van der Waals surface area contributed by atoms with Crippen LogP contribution in [0, 0.1) is 23.7 Å². The van der Waals surface area contributed by atoms with Crippen molar-refractivity contribution in [1.29, 1.82) is 0 Å². The molecule has 13 heavy (non-hydrogen) atoms. The fourth-order valence-corrected chi connectivity index (χ4v) is 2.14. The molecule has 0 aliphatic heterocycles. The summed E-state index contributed by atoms with van der Waals surface area (Å²) in [7, 11) is 0. The van der Waals surface area contributed by atoms with Gasteiger partial charge in [0.05, 0.1) is 5.54 Å². The molecule has 1 saturated carbocycles. The lowest BCUT2D eigenvalue weighted by molar-refractivity contribution is 0.154. The van der Waals surface area contributed by atoms with Gasteiger partial charge in [0.1, 0.15) is 0 Å². The zero-order chi connectivity index (χ0) is 10.1. The van der Waals surface area contributed by atoms with Crippen LogP contribution >= 0.6 is 0 Å². The Morgan fingerprint density at radius 2 is 1.77 bits per heavy atom. The summed E-state index contributed by atoms with van der Waals surface area (Å²) in [5, 5.41) is 0. The molecule has 1 aliphatic rings. The summed E-state index contributed by atoms with van der Waals surface area (Å²) in [5.41, 5.74) is 6.14. The lowest BCUT2D eigenvalue weighted by atomic mass is 9.68. The molecule has 0 aromatic heterocycles. The molecule has 1 heteroatoms. The van der Waals surface area contributed by atoms with Gasteiger partial charge >= 0.3 is 0 Å². The molecular formula is C12H21N. The molecule has 1 fully saturated rings. The van der Waals surface area contributed by atoms with Crippen molar-refractivity contribution in [2.75, 3.05) is 0 Å². The first-order chi connectivity index (χ1) is 5.87. The molecule has 2 N–H and O–H groups in total. The Balaban J connectivity index is 2.54. The molecule has 0 bridgehead atoms. The van der Waals surface area contributed by atoms with Crippen LogP contribution in [0.5, 0.6) is 0 Å². The van der Waals surface area contributed by atoms with Gasteiger partial charge in [0.25, 0.3) is 0 Å². The standard InChI is InChI=1S/C12H21N/c1-5-12(13)8-6-10(7-9-12)11(2,3)4/h1,10H,6-9,13H2,2-4H3. The van der Waals surface area contributed by atoms with Gasteiger partial charge in [-0.25, -0.2) is 0 Å². The highest BCUT2D eigenvalue weighted by atomic mass is 14.7. The Morgan fingerprint density at radius 3 is 2.08 bits per heavy atom. The first-order valence-electron chi connectivity index (χ1n) is 5.14. The van der Waals surface area contributed by atoms with Gasteiger partial charge < -0.3 is 5.73 Å². The average Bonchev–Trinajstić information content (AvgIpc) is 2.04. The molecule has 1 nitrogen and oxygen atoms in total. The Hall–Kier alpha value is -0.480. The molecule has 0 saturated heterocycles. The third kappa shape index (κ3) is 2.48. The summed E-state index contributed by atoms with van der Waals surface area (Å²) >= 11 is 0. The Bertz CT molecular complexity index is 208. The number of terminal acetylenes is 1. The first-order valence-corrected chi connectivity index (χ1v) is 5.14. The second-order valence-electron chi connectivity index (χ2n) is 5.44. The van der Waals surface area contributed by atoms with Crippen molar-refractivity contribution < 1.29 is 0 Å².